The fraction of sp³-hybridized carbons (Fsp3) is 0.421. The minimum atomic E-state index is -0.102. The first kappa shape index (κ1) is 17.5. The second kappa shape index (κ2) is 7.03. The summed E-state index contributed by atoms with van der Waals surface area (Å²) in [6.07, 6.45) is 2.03. The molecule has 0 aliphatic carbocycles. The Morgan fingerprint density at radius 2 is 2.00 bits per heavy atom. The number of pyridine rings is 1. The van der Waals surface area contributed by atoms with Crippen LogP contribution in [0, 0.1) is 6.92 Å². The molecule has 0 radical (unpaired) electrons. The van der Waals surface area contributed by atoms with Crippen molar-refractivity contribution >= 4 is 10.9 Å². The number of hydrogen-bond donors (Lipinski definition) is 1. The maximum atomic E-state index is 12.6. The average molecular weight is 370 g/mol. The number of fused-ring (bicyclic) bond motifs is 1. The van der Waals surface area contributed by atoms with Gasteiger partial charge in [0, 0.05) is 23.6 Å². The van der Waals surface area contributed by atoms with Crippen LogP contribution in [0.3, 0.4) is 0 Å². The maximum Gasteiger partial charge on any atom is 0.252 e. The maximum absolute atomic E-state index is 12.6. The lowest BCUT2D eigenvalue weighted by molar-refractivity contribution is 0.230. The number of H-pyrrole nitrogens is 1. The molecule has 1 aromatic carbocycles. The third-order valence-corrected chi connectivity index (χ3v) is 5.17. The van der Waals surface area contributed by atoms with Gasteiger partial charge in [0.05, 0.1) is 25.8 Å². The number of nitrogens with one attached hydrogen (secondary N) is 1. The monoisotopic (exact) mass is 370 g/mol. The smallest absolute Gasteiger partial charge is 0.252 e. The molecule has 0 bridgehead atoms. The van der Waals surface area contributed by atoms with E-state index in [1.165, 1.54) is 0 Å². The highest BCUT2D eigenvalue weighted by Crippen LogP contribution is 2.34. The number of methoxy groups -OCH3 is 2. The van der Waals surface area contributed by atoms with E-state index >= 15 is 0 Å². The molecule has 1 aliphatic rings. The fourth-order valence-corrected chi connectivity index (χ4v) is 3.78. The zero-order valence-corrected chi connectivity index (χ0v) is 15.6. The van der Waals surface area contributed by atoms with Crippen molar-refractivity contribution in [2.75, 3.05) is 20.8 Å². The van der Waals surface area contributed by atoms with Crippen LogP contribution in [-0.4, -0.2) is 41.0 Å². The van der Waals surface area contributed by atoms with Gasteiger partial charge in [-0.05, 0) is 38.4 Å². The van der Waals surface area contributed by atoms with Crippen molar-refractivity contribution < 1.29 is 14.1 Å². The Kier molecular flexibility index (Phi) is 4.57. The molecule has 27 heavy (non-hydrogen) atoms. The van der Waals surface area contributed by atoms with Gasteiger partial charge in [-0.25, -0.2) is 4.63 Å². The van der Waals surface area contributed by atoms with Crippen molar-refractivity contribution in [1.82, 2.24) is 20.2 Å². The van der Waals surface area contributed by atoms with Gasteiger partial charge >= 0.3 is 0 Å². The molecule has 8 heteroatoms. The van der Waals surface area contributed by atoms with Gasteiger partial charge in [0.25, 0.3) is 5.56 Å². The lowest BCUT2D eigenvalue weighted by Crippen LogP contribution is -2.27. The van der Waals surface area contributed by atoms with Crippen LogP contribution in [0.15, 0.2) is 27.6 Å². The van der Waals surface area contributed by atoms with Crippen molar-refractivity contribution in [3.63, 3.8) is 0 Å². The molecule has 142 valence electrons. The molecule has 0 unspecified atom stereocenters. The molecule has 2 aromatic heterocycles. The minimum absolute atomic E-state index is 0.102. The molecule has 3 heterocycles. The quantitative estimate of drug-likeness (QED) is 0.738. The lowest BCUT2D eigenvalue weighted by atomic mass is 10.1. The number of hydrogen-bond acceptors (Lipinski definition) is 7. The Hall–Kier alpha value is -2.87. The summed E-state index contributed by atoms with van der Waals surface area (Å²) in [5.41, 5.74) is 2.98. The van der Waals surface area contributed by atoms with E-state index in [0.717, 1.165) is 41.7 Å². The predicted octanol–water partition coefficient (Wildman–Crippen LogP) is 2.57. The average Bonchev–Trinajstić information content (AvgIpc) is 3.29. The number of likely N-dealkylation sites (tertiary alicyclic amines) is 1. The second-order valence-electron chi connectivity index (χ2n) is 6.78. The summed E-state index contributed by atoms with van der Waals surface area (Å²) in [5, 5.41) is 8.85. The number of benzene rings is 1. The van der Waals surface area contributed by atoms with Crippen LogP contribution in [0.5, 0.6) is 11.5 Å². The summed E-state index contributed by atoms with van der Waals surface area (Å²) < 4.78 is 15.6. The van der Waals surface area contributed by atoms with Crippen LogP contribution in [0.25, 0.3) is 10.9 Å². The van der Waals surface area contributed by atoms with Gasteiger partial charge < -0.3 is 14.5 Å². The Morgan fingerprint density at radius 3 is 2.70 bits per heavy atom. The fourth-order valence-electron chi connectivity index (χ4n) is 3.78. The molecule has 8 nitrogen and oxygen atoms in total. The third kappa shape index (κ3) is 3.16. The molecule has 0 spiro atoms. The Bertz CT molecular complexity index is 1030. The number of ether oxygens (including phenoxy) is 2. The van der Waals surface area contributed by atoms with E-state index in [-0.39, 0.29) is 11.6 Å². The molecule has 1 fully saturated rings. The van der Waals surface area contributed by atoms with Crippen molar-refractivity contribution in [1.29, 1.82) is 0 Å². The Labute approximate surface area is 156 Å². The van der Waals surface area contributed by atoms with E-state index in [1.54, 1.807) is 20.3 Å². The highest BCUT2D eigenvalue weighted by Gasteiger charge is 2.30. The minimum Gasteiger partial charge on any atom is -0.493 e. The third-order valence-electron chi connectivity index (χ3n) is 5.17. The number of rotatable bonds is 5. The summed E-state index contributed by atoms with van der Waals surface area (Å²) in [6.45, 7) is 3.34. The van der Waals surface area contributed by atoms with Crippen molar-refractivity contribution in [3.8, 4) is 11.5 Å². The highest BCUT2D eigenvalue weighted by molar-refractivity contribution is 5.83. The Balaban J connectivity index is 1.68. The van der Waals surface area contributed by atoms with E-state index in [9.17, 15) is 4.79 Å². The van der Waals surface area contributed by atoms with Crippen LogP contribution in [0.2, 0.25) is 0 Å². The van der Waals surface area contributed by atoms with Crippen molar-refractivity contribution in [2.45, 2.75) is 32.4 Å². The number of aryl methyl sites for hydroxylation is 1. The van der Waals surface area contributed by atoms with Gasteiger partial charge in [-0.15, -0.1) is 0 Å². The van der Waals surface area contributed by atoms with Gasteiger partial charge in [-0.2, -0.15) is 0 Å². The highest BCUT2D eigenvalue weighted by atomic mass is 16.6. The van der Waals surface area contributed by atoms with Crippen molar-refractivity contribution in [3.05, 3.63) is 45.5 Å². The molecule has 1 saturated heterocycles. The number of aromatic amines is 1. The van der Waals surface area contributed by atoms with Gasteiger partial charge in [0.2, 0.25) is 0 Å². The summed E-state index contributed by atoms with van der Waals surface area (Å²) in [5.74, 6) is 1.22. The standard InChI is InChI=1S/C19H22N4O4/c1-11-18(22-27-21-11)15-5-4-6-23(15)10-13-7-12-8-16(25-2)17(26-3)9-14(12)20-19(13)24/h7-9,15H,4-6,10H2,1-3H3,(H,20,24)/t15-/m0/s1. The summed E-state index contributed by atoms with van der Waals surface area (Å²) in [4.78, 5) is 17.8. The molecule has 3 aromatic rings. The van der Waals surface area contributed by atoms with Crippen molar-refractivity contribution in [2.24, 2.45) is 0 Å². The van der Waals surface area contributed by atoms with Crippen LogP contribution in [-0.2, 0) is 6.54 Å². The normalized spacial score (nSPS) is 17.5. The number of nitrogens with zero attached hydrogens (tertiary/aromatic N) is 3. The lowest BCUT2D eigenvalue weighted by Gasteiger charge is -2.22. The van der Waals surface area contributed by atoms with Gasteiger partial charge in [-0.1, -0.05) is 10.3 Å². The molecular formula is C19H22N4O4. The largest absolute Gasteiger partial charge is 0.493 e. The molecule has 1 atom stereocenters. The van der Waals surface area contributed by atoms with Gasteiger partial charge in [-0.3, -0.25) is 9.69 Å². The van der Waals surface area contributed by atoms with Crippen LogP contribution >= 0.6 is 0 Å². The van der Waals surface area contributed by atoms with E-state index in [4.69, 9.17) is 14.1 Å². The Morgan fingerprint density at radius 1 is 1.22 bits per heavy atom. The first-order chi connectivity index (χ1) is 13.1. The predicted molar refractivity (Wildman–Crippen MR) is 99.1 cm³/mol. The molecule has 0 amide bonds. The molecule has 1 N–H and O–H groups in total. The number of aromatic nitrogens is 3. The summed E-state index contributed by atoms with van der Waals surface area (Å²) >= 11 is 0. The van der Waals surface area contributed by atoms with Crippen LogP contribution in [0.4, 0.5) is 0 Å². The SMILES string of the molecule is COc1cc2cc(CN3CCC[C@H]3c3nonc3C)c(=O)[nH]c2cc1OC. The zero-order valence-electron chi connectivity index (χ0n) is 15.6. The van der Waals surface area contributed by atoms with E-state index < -0.39 is 0 Å². The zero-order chi connectivity index (χ0) is 19.0. The molecule has 0 saturated carbocycles. The van der Waals surface area contributed by atoms with Gasteiger partial charge in [0.1, 0.15) is 11.4 Å². The van der Waals surface area contributed by atoms with Crippen LogP contribution in [0.1, 0.15) is 35.8 Å². The first-order valence-electron chi connectivity index (χ1n) is 8.91. The van der Waals surface area contributed by atoms with E-state index in [1.807, 2.05) is 19.1 Å². The second-order valence-corrected chi connectivity index (χ2v) is 6.78. The molecular weight excluding hydrogens is 348 g/mol. The van der Waals surface area contributed by atoms with Gasteiger partial charge in [0.15, 0.2) is 11.5 Å². The summed E-state index contributed by atoms with van der Waals surface area (Å²) in [6, 6.07) is 5.69. The van der Waals surface area contributed by atoms with Crippen LogP contribution < -0.4 is 15.0 Å². The summed E-state index contributed by atoms with van der Waals surface area (Å²) in [7, 11) is 3.17. The topological polar surface area (TPSA) is 93.5 Å². The van der Waals surface area contributed by atoms with E-state index in [2.05, 4.69) is 20.2 Å². The first-order valence-corrected chi connectivity index (χ1v) is 8.91. The molecule has 4 rings (SSSR count). The van der Waals surface area contributed by atoms with E-state index in [0.29, 0.717) is 23.6 Å². The molecule has 1 aliphatic heterocycles.